The summed E-state index contributed by atoms with van der Waals surface area (Å²) in [7, 11) is 4.33. The third kappa shape index (κ3) is 4.40. The van der Waals surface area contributed by atoms with Crippen molar-refractivity contribution < 1.29 is 23.9 Å². The number of thiocarbonyl (C=S) groups is 1. The molecule has 0 saturated carbocycles. The molecule has 0 aromatic heterocycles. The van der Waals surface area contributed by atoms with Crippen LogP contribution in [-0.2, 0) is 25.5 Å². The molecule has 1 aliphatic heterocycles. The molecule has 142 valence electrons. The highest BCUT2D eigenvalue weighted by atomic mass is 32.1. The van der Waals surface area contributed by atoms with Crippen LogP contribution in [-0.4, -0.2) is 60.5 Å². The van der Waals surface area contributed by atoms with Crippen molar-refractivity contribution in [1.82, 2.24) is 9.80 Å². The largest absolute Gasteiger partial charge is 0.482 e. The van der Waals surface area contributed by atoms with E-state index in [-0.39, 0.29) is 17.3 Å². The van der Waals surface area contributed by atoms with Gasteiger partial charge in [0, 0.05) is 14.1 Å². The molecule has 0 spiro atoms. The summed E-state index contributed by atoms with van der Waals surface area (Å²) in [6.07, 6.45) is 3.68. The lowest BCUT2D eigenvalue weighted by atomic mass is 10.0. The third-order valence-electron chi connectivity index (χ3n) is 3.98. The Bertz CT molecular complexity index is 821. The van der Waals surface area contributed by atoms with Crippen LogP contribution in [0.4, 0.5) is 0 Å². The van der Waals surface area contributed by atoms with Gasteiger partial charge in [-0.3, -0.25) is 19.4 Å². The van der Waals surface area contributed by atoms with E-state index in [1.54, 1.807) is 24.3 Å². The van der Waals surface area contributed by atoms with E-state index in [1.807, 2.05) is 0 Å². The molecular weight excluding hydrogens is 368 g/mol. The van der Waals surface area contributed by atoms with Gasteiger partial charge in [-0.05, 0) is 48.0 Å². The second-order valence-corrected chi connectivity index (χ2v) is 6.16. The number of amides is 2. The highest BCUT2D eigenvalue weighted by Crippen LogP contribution is 2.24. The Balaban J connectivity index is 2.36. The maximum atomic E-state index is 12.4. The van der Waals surface area contributed by atoms with E-state index < -0.39 is 17.8 Å². The van der Waals surface area contributed by atoms with E-state index in [1.165, 1.54) is 37.1 Å². The number of ether oxygens (including phenoxy) is 2. The van der Waals surface area contributed by atoms with Crippen molar-refractivity contribution in [2.75, 3.05) is 27.8 Å². The van der Waals surface area contributed by atoms with Gasteiger partial charge in [-0.1, -0.05) is 12.1 Å². The zero-order valence-corrected chi connectivity index (χ0v) is 16.2. The summed E-state index contributed by atoms with van der Waals surface area (Å²) < 4.78 is 10.0. The van der Waals surface area contributed by atoms with E-state index >= 15 is 0 Å². The highest BCUT2D eigenvalue weighted by Gasteiger charge is 2.35. The Hall–Kier alpha value is -3.00. The van der Waals surface area contributed by atoms with Crippen molar-refractivity contribution in [3.8, 4) is 5.75 Å². The van der Waals surface area contributed by atoms with Gasteiger partial charge in [-0.2, -0.15) is 0 Å². The van der Waals surface area contributed by atoms with Crippen molar-refractivity contribution in [3.63, 3.8) is 0 Å². The van der Waals surface area contributed by atoms with Crippen LogP contribution in [0, 0.1) is 0 Å². The fourth-order valence-corrected chi connectivity index (χ4v) is 2.65. The normalized spacial score (nSPS) is 14.3. The molecule has 2 amide bonds. The SMILES string of the molecule is C=CCc1cc(C=C2C(=O)N(C)C(=S)N(C)C2=O)ccc1OCC(=O)OC. The summed E-state index contributed by atoms with van der Waals surface area (Å²) in [5.41, 5.74) is 1.42. The summed E-state index contributed by atoms with van der Waals surface area (Å²) in [4.78, 5) is 38.6. The molecule has 2 rings (SSSR count). The monoisotopic (exact) mass is 388 g/mol. The molecule has 1 aromatic rings. The first-order chi connectivity index (χ1) is 12.8. The Morgan fingerprint density at radius 3 is 2.41 bits per heavy atom. The number of rotatable bonds is 6. The molecule has 0 aliphatic carbocycles. The van der Waals surface area contributed by atoms with E-state index in [0.29, 0.717) is 17.7 Å². The fraction of sp³-hybridized carbons (Fsp3) is 0.263. The zero-order valence-electron chi connectivity index (χ0n) is 15.4. The molecule has 7 nitrogen and oxygen atoms in total. The summed E-state index contributed by atoms with van der Waals surface area (Å²) in [5, 5.41) is 0.154. The number of esters is 1. The number of carbonyl (C=O) groups is 3. The van der Waals surface area contributed by atoms with E-state index in [4.69, 9.17) is 17.0 Å². The number of hydrogen-bond donors (Lipinski definition) is 0. The van der Waals surface area contributed by atoms with E-state index in [2.05, 4.69) is 11.3 Å². The van der Waals surface area contributed by atoms with Gasteiger partial charge in [0.1, 0.15) is 11.3 Å². The van der Waals surface area contributed by atoms with Gasteiger partial charge in [0.15, 0.2) is 11.7 Å². The first kappa shape index (κ1) is 20.3. The van der Waals surface area contributed by atoms with Gasteiger partial charge in [0.25, 0.3) is 11.8 Å². The number of likely N-dealkylation sites (N-methyl/N-ethyl adjacent to an activating group) is 2. The first-order valence-electron chi connectivity index (χ1n) is 8.05. The lowest BCUT2D eigenvalue weighted by molar-refractivity contribution is -0.143. The standard InChI is InChI=1S/C19H20N2O5S/c1-5-6-13-9-12(7-8-15(13)26-11-16(22)25-4)10-14-17(23)20(2)19(27)21(3)18(14)24/h5,7-10H,1,6,11H2,2-4H3. The van der Waals surface area contributed by atoms with Gasteiger partial charge in [0.2, 0.25) is 0 Å². The van der Waals surface area contributed by atoms with E-state index in [0.717, 1.165) is 5.56 Å². The van der Waals surface area contributed by atoms with Gasteiger partial charge in [0.05, 0.1) is 7.11 Å². The molecule has 0 unspecified atom stereocenters. The third-order valence-corrected chi connectivity index (χ3v) is 4.52. The minimum Gasteiger partial charge on any atom is -0.482 e. The topological polar surface area (TPSA) is 76.2 Å². The lowest BCUT2D eigenvalue weighted by Crippen LogP contribution is -2.52. The second kappa shape index (κ2) is 8.59. The van der Waals surface area contributed by atoms with Crippen molar-refractivity contribution >= 4 is 41.2 Å². The minimum absolute atomic E-state index is 0.0152. The van der Waals surface area contributed by atoms with Crippen molar-refractivity contribution in [1.29, 1.82) is 0 Å². The predicted octanol–water partition coefficient (Wildman–Crippen LogP) is 1.57. The Kier molecular flexibility index (Phi) is 6.46. The molecule has 1 aromatic carbocycles. The number of carbonyl (C=O) groups excluding carboxylic acids is 3. The van der Waals surface area contributed by atoms with Gasteiger partial charge in [-0.15, -0.1) is 6.58 Å². The average molecular weight is 388 g/mol. The maximum absolute atomic E-state index is 12.4. The molecule has 0 bridgehead atoms. The number of nitrogens with zero attached hydrogens (tertiary/aromatic N) is 2. The maximum Gasteiger partial charge on any atom is 0.343 e. The summed E-state index contributed by atoms with van der Waals surface area (Å²) in [6, 6.07) is 5.14. The zero-order chi connectivity index (χ0) is 20.1. The number of methoxy groups -OCH3 is 1. The number of benzene rings is 1. The summed E-state index contributed by atoms with van der Waals surface area (Å²) in [5.74, 6) is -0.913. The molecule has 0 radical (unpaired) electrons. The predicted molar refractivity (Wildman–Crippen MR) is 104 cm³/mol. The first-order valence-corrected chi connectivity index (χ1v) is 8.46. The van der Waals surface area contributed by atoms with Gasteiger partial charge < -0.3 is 9.47 Å². The molecular formula is C19H20N2O5S. The van der Waals surface area contributed by atoms with Gasteiger partial charge >= 0.3 is 5.97 Å². The minimum atomic E-state index is -0.494. The Morgan fingerprint density at radius 1 is 1.22 bits per heavy atom. The Morgan fingerprint density at radius 2 is 1.85 bits per heavy atom. The number of hydrogen-bond acceptors (Lipinski definition) is 6. The molecule has 27 heavy (non-hydrogen) atoms. The highest BCUT2D eigenvalue weighted by molar-refractivity contribution is 7.80. The van der Waals surface area contributed by atoms with Crippen molar-refractivity contribution in [2.45, 2.75) is 6.42 Å². The van der Waals surface area contributed by atoms with Crippen LogP contribution >= 0.6 is 12.2 Å². The van der Waals surface area contributed by atoms with Gasteiger partial charge in [-0.25, -0.2) is 4.79 Å². The lowest BCUT2D eigenvalue weighted by Gasteiger charge is -2.31. The molecule has 8 heteroatoms. The molecule has 1 fully saturated rings. The fourth-order valence-electron chi connectivity index (χ4n) is 2.48. The van der Waals surface area contributed by atoms with E-state index in [9.17, 15) is 14.4 Å². The van der Waals surface area contributed by atoms with Crippen molar-refractivity contribution in [3.05, 3.63) is 47.6 Å². The molecule has 1 saturated heterocycles. The molecule has 0 N–H and O–H groups in total. The number of allylic oxidation sites excluding steroid dienone is 1. The summed E-state index contributed by atoms with van der Waals surface area (Å²) >= 11 is 5.07. The van der Waals surface area contributed by atoms with Crippen LogP contribution in [0.25, 0.3) is 6.08 Å². The van der Waals surface area contributed by atoms with Crippen LogP contribution in [0.1, 0.15) is 11.1 Å². The second-order valence-electron chi connectivity index (χ2n) is 5.79. The smallest absolute Gasteiger partial charge is 0.343 e. The molecule has 1 aliphatic rings. The van der Waals surface area contributed by atoms with Crippen LogP contribution in [0.5, 0.6) is 5.75 Å². The van der Waals surface area contributed by atoms with Crippen LogP contribution in [0.3, 0.4) is 0 Å². The summed E-state index contributed by atoms with van der Waals surface area (Å²) in [6.45, 7) is 3.49. The Labute approximate surface area is 162 Å². The van der Waals surface area contributed by atoms with Crippen LogP contribution in [0.2, 0.25) is 0 Å². The van der Waals surface area contributed by atoms with Crippen LogP contribution in [0.15, 0.2) is 36.4 Å². The quantitative estimate of drug-likeness (QED) is 0.242. The molecule has 1 heterocycles. The van der Waals surface area contributed by atoms with Crippen LogP contribution < -0.4 is 4.74 Å². The van der Waals surface area contributed by atoms with Crippen molar-refractivity contribution in [2.24, 2.45) is 0 Å². The average Bonchev–Trinajstić information content (AvgIpc) is 2.67. The molecule has 0 atom stereocenters.